The van der Waals surface area contributed by atoms with Crippen molar-refractivity contribution in [3.63, 3.8) is 0 Å². The highest BCUT2D eigenvalue weighted by molar-refractivity contribution is 5.91. The molecule has 1 saturated heterocycles. The molecule has 5 rings (SSSR count). The Labute approximate surface area is 312 Å². The second kappa shape index (κ2) is 21.4. The number of rotatable bonds is 20. The number of para-hydroxylation sites is 1. The van der Waals surface area contributed by atoms with Gasteiger partial charge in [-0.25, -0.2) is 4.79 Å². The number of carbonyl (C=O) groups is 3. The molecule has 53 heavy (non-hydrogen) atoms. The number of furan rings is 1. The minimum absolute atomic E-state index is 0.0310. The fourth-order valence-electron chi connectivity index (χ4n) is 6.44. The van der Waals surface area contributed by atoms with Crippen LogP contribution in [0.15, 0.2) is 102 Å². The van der Waals surface area contributed by atoms with Gasteiger partial charge in [-0.2, -0.15) is 0 Å². The lowest BCUT2D eigenvalue weighted by molar-refractivity contribution is -0.131. The molecule has 11 heteroatoms. The number of amides is 3. The predicted octanol–water partition coefficient (Wildman–Crippen LogP) is 6.59. The monoisotopic (exact) mass is 723 g/mol. The standard InChI is InChI=1S/C42H53N5O6/c48-35-17-15-33(16-18-35)32-47(41(50)20-26-43-25-19-36-12-9-31-52-36)27-8-2-7-24-44-40(49)23-30-46-28-21-37(22-29-46)53-42(51)45-39-14-6-5-13-38(39)34-10-3-1-4-11-34/h1,3-6,9-18,31,37,43,48H,2,7-8,19-30,32H2,(H,44,49)(H,45,51). The number of ether oxygens (including phenoxy) is 1. The normalized spacial score (nSPS) is 13.4. The molecule has 0 aliphatic carbocycles. The van der Waals surface area contributed by atoms with Gasteiger partial charge in [0.1, 0.15) is 17.6 Å². The first-order valence-corrected chi connectivity index (χ1v) is 18.8. The average Bonchev–Trinajstić information content (AvgIpc) is 3.70. The summed E-state index contributed by atoms with van der Waals surface area (Å²) in [5.41, 5.74) is 3.65. The third kappa shape index (κ3) is 13.7. The van der Waals surface area contributed by atoms with Crippen LogP contribution in [0.3, 0.4) is 0 Å². The molecule has 1 aliphatic rings. The first kappa shape index (κ1) is 39.1. The number of phenols is 1. The summed E-state index contributed by atoms with van der Waals surface area (Å²) >= 11 is 0. The molecule has 4 N–H and O–H groups in total. The van der Waals surface area contributed by atoms with E-state index in [-0.39, 0.29) is 23.7 Å². The number of phenolic OH excluding ortho intramolecular Hbond substituents is 1. The Morgan fingerprint density at radius 1 is 0.830 bits per heavy atom. The minimum Gasteiger partial charge on any atom is -0.508 e. The van der Waals surface area contributed by atoms with Crippen LogP contribution in [0.4, 0.5) is 10.5 Å². The number of nitrogens with zero attached hydrogens (tertiary/aromatic N) is 2. The van der Waals surface area contributed by atoms with Crippen molar-refractivity contribution in [1.29, 1.82) is 0 Å². The lowest BCUT2D eigenvalue weighted by atomic mass is 10.0. The molecule has 282 valence electrons. The molecule has 0 radical (unpaired) electrons. The van der Waals surface area contributed by atoms with Crippen LogP contribution >= 0.6 is 0 Å². The van der Waals surface area contributed by atoms with Crippen molar-refractivity contribution in [2.45, 2.75) is 64.0 Å². The SMILES string of the molecule is O=C(CCN1CCC(OC(=O)Nc2ccccc2-c2ccccc2)CC1)NCCCCCN(Cc1ccc(O)cc1)C(=O)CCNCCc1ccco1. The molecule has 0 bridgehead atoms. The summed E-state index contributed by atoms with van der Waals surface area (Å²) in [5, 5.41) is 18.9. The number of nitrogens with one attached hydrogen (secondary N) is 3. The number of benzene rings is 3. The molecule has 4 aromatic rings. The van der Waals surface area contributed by atoms with E-state index in [1.807, 2.05) is 83.8 Å². The first-order chi connectivity index (χ1) is 25.9. The van der Waals surface area contributed by atoms with E-state index in [4.69, 9.17) is 9.15 Å². The molecule has 11 nitrogen and oxygen atoms in total. The van der Waals surface area contributed by atoms with Crippen molar-refractivity contribution < 1.29 is 28.6 Å². The summed E-state index contributed by atoms with van der Waals surface area (Å²) in [7, 11) is 0. The van der Waals surface area contributed by atoms with Crippen LogP contribution < -0.4 is 16.0 Å². The van der Waals surface area contributed by atoms with E-state index in [1.165, 1.54) is 0 Å². The molecule has 3 amide bonds. The van der Waals surface area contributed by atoms with E-state index in [9.17, 15) is 19.5 Å². The fourth-order valence-corrected chi connectivity index (χ4v) is 6.44. The van der Waals surface area contributed by atoms with E-state index in [2.05, 4.69) is 20.9 Å². The van der Waals surface area contributed by atoms with Gasteiger partial charge in [-0.15, -0.1) is 0 Å². The summed E-state index contributed by atoms with van der Waals surface area (Å²) in [6, 6.07) is 28.4. The van der Waals surface area contributed by atoms with Crippen molar-refractivity contribution >= 4 is 23.6 Å². The minimum atomic E-state index is -0.451. The van der Waals surface area contributed by atoms with Crippen LogP contribution in [0, 0.1) is 0 Å². The van der Waals surface area contributed by atoms with Crippen LogP contribution in [0.2, 0.25) is 0 Å². The highest BCUT2D eigenvalue weighted by Gasteiger charge is 2.23. The molecule has 0 spiro atoms. The van der Waals surface area contributed by atoms with Gasteiger partial charge in [-0.3, -0.25) is 14.9 Å². The topological polar surface area (TPSA) is 136 Å². The van der Waals surface area contributed by atoms with Crippen molar-refractivity contribution in [2.24, 2.45) is 0 Å². The molecule has 3 aromatic carbocycles. The second-order valence-electron chi connectivity index (χ2n) is 13.5. The van der Waals surface area contributed by atoms with Crippen LogP contribution in [-0.2, 0) is 27.3 Å². The Morgan fingerprint density at radius 3 is 2.38 bits per heavy atom. The quantitative estimate of drug-likeness (QED) is 0.0750. The highest BCUT2D eigenvalue weighted by Crippen LogP contribution is 2.28. The van der Waals surface area contributed by atoms with Crippen molar-refractivity contribution in [2.75, 3.05) is 51.1 Å². The lowest BCUT2D eigenvalue weighted by Crippen LogP contribution is -2.40. The average molecular weight is 724 g/mol. The number of aromatic hydroxyl groups is 1. The Morgan fingerprint density at radius 2 is 1.60 bits per heavy atom. The third-order valence-corrected chi connectivity index (χ3v) is 9.45. The smallest absolute Gasteiger partial charge is 0.411 e. The zero-order valence-corrected chi connectivity index (χ0v) is 30.5. The maximum absolute atomic E-state index is 13.1. The van der Waals surface area contributed by atoms with Gasteiger partial charge in [-0.05, 0) is 73.6 Å². The van der Waals surface area contributed by atoms with E-state index in [0.717, 1.165) is 80.6 Å². The molecule has 2 heterocycles. The van der Waals surface area contributed by atoms with Crippen molar-refractivity contribution in [3.05, 3.63) is 109 Å². The Balaban J connectivity index is 0.928. The van der Waals surface area contributed by atoms with Gasteiger partial charge in [0.2, 0.25) is 11.8 Å². The van der Waals surface area contributed by atoms with Gasteiger partial charge in [0, 0.05) is 77.2 Å². The van der Waals surface area contributed by atoms with Gasteiger partial charge in [-0.1, -0.05) is 60.7 Å². The summed E-state index contributed by atoms with van der Waals surface area (Å²) in [4.78, 5) is 42.6. The fraction of sp³-hybridized carbons (Fsp3) is 0.405. The summed E-state index contributed by atoms with van der Waals surface area (Å²) in [5.74, 6) is 1.23. The van der Waals surface area contributed by atoms with E-state index >= 15 is 0 Å². The van der Waals surface area contributed by atoms with Gasteiger partial charge in [0.15, 0.2) is 0 Å². The number of piperidine rings is 1. The molecule has 0 saturated carbocycles. The number of carbonyl (C=O) groups excluding carboxylic acids is 3. The number of hydrogen-bond donors (Lipinski definition) is 4. The number of likely N-dealkylation sites (tertiary alicyclic amines) is 1. The van der Waals surface area contributed by atoms with Gasteiger partial charge in [0.05, 0.1) is 12.0 Å². The van der Waals surface area contributed by atoms with E-state index < -0.39 is 6.09 Å². The van der Waals surface area contributed by atoms with Gasteiger partial charge < -0.3 is 34.7 Å². The largest absolute Gasteiger partial charge is 0.508 e. The molecule has 1 fully saturated rings. The molecular weight excluding hydrogens is 670 g/mol. The number of hydrogen-bond acceptors (Lipinski definition) is 8. The van der Waals surface area contributed by atoms with Crippen LogP contribution in [0.5, 0.6) is 5.75 Å². The van der Waals surface area contributed by atoms with Crippen molar-refractivity contribution in [3.8, 4) is 16.9 Å². The summed E-state index contributed by atoms with van der Waals surface area (Å²) in [6.45, 7) is 5.25. The molecule has 1 aliphatic heterocycles. The highest BCUT2D eigenvalue weighted by atomic mass is 16.6. The van der Waals surface area contributed by atoms with Gasteiger partial charge >= 0.3 is 6.09 Å². The molecular formula is C42H53N5O6. The van der Waals surface area contributed by atoms with Crippen LogP contribution in [-0.4, -0.2) is 84.7 Å². The predicted molar refractivity (Wildman–Crippen MR) is 206 cm³/mol. The van der Waals surface area contributed by atoms with E-state index in [0.29, 0.717) is 51.3 Å². The molecule has 1 aromatic heterocycles. The Hall–Kier alpha value is -5.13. The summed E-state index contributed by atoms with van der Waals surface area (Å²) < 4.78 is 11.1. The second-order valence-corrected chi connectivity index (χ2v) is 13.5. The zero-order chi connectivity index (χ0) is 37.1. The summed E-state index contributed by atoms with van der Waals surface area (Å²) in [6.07, 6.45) is 6.66. The Kier molecular flexibility index (Phi) is 15.8. The van der Waals surface area contributed by atoms with Crippen LogP contribution in [0.25, 0.3) is 11.1 Å². The van der Waals surface area contributed by atoms with Crippen molar-refractivity contribution in [1.82, 2.24) is 20.4 Å². The molecule has 0 unspecified atom stereocenters. The first-order valence-electron chi connectivity index (χ1n) is 18.8. The zero-order valence-electron chi connectivity index (χ0n) is 30.5. The lowest BCUT2D eigenvalue weighted by Gasteiger charge is -2.31. The Bertz CT molecular complexity index is 1670. The van der Waals surface area contributed by atoms with E-state index in [1.54, 1.807) is 18.4 Å². The number of anilines is 1. The van der Waals surface area contributed by atoms with Crippen LogP contribution in [0.1, 0.15) is 56.3 Å². The third-order valence-electron chi connectivity index (χ3n) is 9.45. The van der Waals surface area contributed by atoms with Gasteiger partial charge in [0.25, 0.3) is 0 Å². The number of unbranched alkanes of at least 4 members (excludes halogenated alkanes) is 2. The maximum atomic E-state index is 13.1. The molecule has 0 atom stereocenters. The maximum Gasteiger partial charge on any atom is 0.411 e.